The van der Waals surface area contributed by atoms with Crippen LogP contribution in [0.3, 0.4) is 0 Å². The lowest BCUT2D eigenvalue weighted by molar-refractivity contribution is -0.0473. The van der Waals surface area contributed by atoms with Gasteiger partial charge in [0.25, 0.3) is 0 Å². The maximum Gasteiger partial charge on any atom is 0.173 e. The molecule has 3 heteroatoms. The predicted octanol–water partition coefficient (Wildman–Crippen LogP) is 2.04. The SMILES string of the molecule is CC(CO)C1(c2ccco2)CC=CO1. The van der Waals surface area contributed by atoms with Gasteiger partial charge in [-0.15, -0.1) is 0 Å². The molecule has 2 atom stereocenters. The van der Waals surface area contributed by atoms with Gasteiger partial charge < -0.3 is 14.3 Å². The highest BCUT2D eigenvalue weighted by Crippen LogP contribution is 2.41. The number of aliphatic hydroxyl groups excluding tert-OH is 1. The topological polar surface area (TPSA) is 42.6 Å². The first-order valence-electron chi connectivity index (χ1n) is 4.77. The fraction of sp³-hybridized carbons (Fsp3) is 0.455. The molecule has 14 heavy (non-hydrogen) atoms. The highest BCUT2D eigenvalue weighted by Gasteiger charge is 2.43. The standard InChI is InChI=1S/C11H14O3/c1-9(8-12)11(5-3-7-14-11)10-4-2-6-13-10/h2-4,6-7,9,12H,5,8H2,1H3. The fourth-order valence-electron chi connectivity index (χ4n) is 1.83. The molecular formula is C11H14O3. The maximum absolute atomic E-state index is 9.21. The molecule has 1 aromatic rings. The van der Waals surface area contributed by atoms with E-state index in [1.54, 1.807) is 12.5 Å². The predicted molar refractivity (Wildman–Crippen MR) is 51.5 cm³/mol. The van der Waals surface area contributed by atoms with Crippen LogP contribution in [0.1, 0.15) is 19.1 Å². The second-order valence-electron chi connectivity index (χ2n) is 3.64. The molecular weight excluding hydrogens is 180 g/mol. The van der Waals surface area contributed by atoms with Gasteiger partial charge in [0.15, 0.2) is 5.60 Å². The van der Waals surface area contributed by atoms with E-state index in [4.69, 9.17) is 9.15 Å². The van der Waals surface area contributed by atoms with Gasteiger partial charge in [-0.3, -0.25) is 0 Å². The molecule has 1 aliphatic heterocycles. The lowest BCUT2D eigenvalue weighted by Crippen LogP contribution is -2.34. The molecule has 2 rings (SSSR count). The van der Waals surface area contributed by atoms with Gasteiger partial charge in [-0.05, 0) is 18.2 Å². The summed E-state index contributed by atoms with van der Waals surface area (Å²) in [6, 6.07) is 3.72. The Bertz CT molecular complexity index is 305. The normalized spacial score (nSPS) is 27.6. The molecule has 2 unspecified atom stereocenters. The summed E-state index contributed by atoms with van der Waals surface area (Å²) < 4.78 is 11.0. The summed E-state index contributed by atoms with van der Waals surface area (Å²) in [6.07, 6.45) is 6.01. The van der Waals surface area contributed by atoms with Crippen LogP contribution in [0.15, 0.2) is 35.2 Å². The fourth-order valence-corrected chi connectivity index (χ4v) is 1.83. The van der Waals surface area contributed by atoms with Crippen LogP contribution < -0.4 is 0 Å². The van der Waals surface area contributed by atoms with Gasteiger partial charge in [0.05, 0.1) is 12.5 Å². The third-order valence-corrected chi connectivity index (χ3v) is 2.80. The summed E-state index contributed by atoms with van der Waals surface area (Å²) in [4.78, 5) is 0. The molecule has 0 aliphatic carbocycles. The first-order chi connectivity index (χ1) is 6.79. The monoisotopic (exact) mass is 194 g/mol. The van der Waals surface area contributed by atoms with Crippen molar-refractivity contribution in [2.75, 3.05) is 6.61 Å². The minimum absolute atomic E-state index is 0.0173. The van der Waals surface area contributed by atoms with Gasteiger partial charge in [-0.25, -0.2) is 0 Å². The van der Waals surface area contributed by atoms with Crippen LogP contribution >= 0.6 is 0 Å². The zero-order chi connectivity index (χ0) is 10.0. The number of rotatable bonds is 3. The van der Waals surface area contributed by atoms with Gasteiger partial charge in [0, 0.05) is 18.9 Å². The van der Waals surface area contributed by atoms with Crippen molar-refractivity contribution in [1.82, 2.24) is 0 Å². The summed E-state index contributed by atoms with van der Waals surface area (Å²) in [6.45, 7) is 2.04. The second kappa shape index (κ2) is 3.50. The molecule has 0 radical (unpaired) electrons. The average Bonchev–Trinajstić information content (AvgIpc) is 2.86. The van der Waals surface area contributed by atoms with Crippen LogP contribution in [-0.2, 0) is 10.3 Å². The van der Waals surface area contributed by atoms with Crippen molar-refractivity contribution >= 4 is 0 Å². The van der Waals surface area contributed by atoms with E-state index in [0.29, 0.717) is 0 Å². The van der Waals surface area contributed by atoms with E-state index >= 15 is 0 Å². The van der Waals surface area contributed by atoms with Crippen LogP contribution in [0.25, 0.3) is 0 Å². The summed E-state index contributed by atoms with van der Waals surface area (Å²) in [7, 11) is 0. The molecule has 3 nitrogen and oxygen atoms in total. The van der Waals surface area contributed by atoms with Crippen LogP contribution in [0, 0.1) is 5.92 Å². The van der Waals surface area contributed by atoms with E-state index in [2.05, 4.69) is 0 Å². The van der Waals surface area contributed by atoms with Crippen LogP contribution in [0.4, 0.5) is 0 Å². The minimum Gasteiger partial charge on any atom is -0.487 e. The first-order valence-corrected chi connectivity index (χ1v) is 4.77. The van der Waals surface area contributed by atoms with Crippen molar-refractivity contribution in [2.24, 2.45) is 5.92 Å². The highest BCUT2D eigenvalue weighted by molar-refractivity contribution is 5.16. The van der Waals surface area contributed by atoms with Crippen molar-refractivity contribution in [1.29, 1.82) is 0 Å². The van der Waals surface area contributed by atoms with Crippen LogP contribution in [-0.4, -0.2) is 11.7 Å². The lowest BCUT2D eigenvalue weighted by Gasteiger charge is -2.31. The number of ether oxygens (including phenoxy) is 1. The Balaban J connectivity index is 2.32. The number of aliphatic hydroxyl groups is 1. The Hall–Kier alpha value is -1.22. The van der Waals surface area contributed by atoms with Gasteiger partial charge in [0.2, 0.25) is 0 Å². The van der Waals surface area contributed by atoms with Crippen molar-refractivity contribution in [3.63, 3.8) is 0 Å². The third kappa shape index (κ3) is 1.24. The summed E-state index contributed by atoms with van der Waals surface area (Å²) in [5.74, 6) is 0.799. The molecule has 1 aliphatic rings. The van der Waals surface area contributed by atoms with Gasteiger partial charge in [0.1, 0.15) is 5.76 Å². The molecule has 0 bridgehead atoms. The molecule has 0 amide bonds. The first kappa shape index (κ1) is 9.34. The number of furan rings is 1. The zero-order valence-electron chi connectivity index (χ0n) is 8.14. The Morgan fingerprint density at radius 3 is 3.00 bits per heavy atom. The van der Waals surface area contributed by atoms with Crippen molar-refractivity contribution < 1.29 is 14.3 Å². The van der Waals surface area contributed by atoms with E-state index < -0.39 is 5.60 Å². The zero-order valence-corrected chi connectivity index (χ0v) is 8.14. The average molecular weight is 194 g/mol. The van der Waals surface area contributed by atoms with Gasteiger partial charge in [-0.2, -0.15) is 0 Å². The number of hydrogen-bond donors (Lipinski definition) is 1. The minimum atomic E-state index is -0.502. The van der Waals surface area contributed by atoms with Gasteiger partial charge >= 0.3 is 0 Å². The molecule has 1 aromatic heterocycles. The van der Waals surface area contributed by atoms with E-state index in [-0.39, 0.29) is 12.5 Å². The van der Waals surface area contributed by atoms with Crippen LogP contribution in [0.5, 0.6) is 0 Å². The summed E-state index contributed by atoms with van der Waals surface area (Å²) >= 11 is 0. The van der Waals surface area contributed by atoms with E-state index in [9.17, 15) is 5.11 Å². The maximum atomic E-state index is 9.21. The smallest absolute Gasteiger partial charge is 0.173 e. The third-order valence-electron chi connectivity index (χ3n) is 2.80. The van der Waals surface area contributed by atoms with E-state index in [1.165, 1.54) is 0 Å². The molecule has 1 N–H and O–H groups in total. The Morgan fingerprint density at radius 1 is 1.64 bits per heavy atom. The van der Waals surface area contributed by atoms with Crippen molar-refractivity contribution in [3.05, 3.63) is 36.5 Å². The molecule has 2 heterocycles. The molecule has 0 spiro atoms. The lowest BCUT2D eigenvalue weighted by atomic mass is 9.85. The van der Waals surface area contributed by atoms with E-state index in [0.717, 1.165) is 12.2 Å². The highest BCUT2D eigenvalue weighted by atomic mass is 16.5. The van der Waals surface area contributed by atoms with Crippen molar-refractivity contribution in [2.45, 2.75) is 18.9 Å². The number of hydrogen-bond acceptors (Lipinski definition) is 3. The molecule has 76 valence electrons. The Morgan fingerprint density at radius 2 is 2.50 bits per heavy atom. The molecule has 0 fully saturated rings. The Kier molecular flexibility index (Phi) is 2.33. The van der Waals surface area contributed by atoms with Crippen LogP contribution in [0.2, 0.25) is 0 Å². The second-order valence-corrected chi connectivity index (χ2v) is 3.64. The summed E-state index contributed by atoms with van der Waals surface area (Å²) in [5, 5.41) is 9.21. The molecule has 0 aromatic carbocycles. The Labute approximate surface area is 83.0 Å². The van der Waals surface area contributed by atoms with E-state index in [1.807, 2.05) is 25.1 Å². The summed E-state index contributed by atoms with van der Waals surface area (Å²) in [5.41, 5.74) is -0.502. The van der Waals surface area contributed by atoms with Gasteiger partial charge in [-0.1, -0.05) is 6.92 Å². The van der Waals surface area contributed by atoms with Crippen molar-refractivity contribution in [3.8, 4) is 0 Å². The quantitative estimate of drug-likeness (QED) is 0.800. The molecule has 0 saturated carbocycles. The molecule has 0 saturated heterocycles. The largest absolute Gasteiger partial charge is 0.487 e.